The molecule has 0 radical (unpaired) electrons. The number of carboxylic acid groups (broad SMARTS) is 1. The zero-order chi connectivity index (χ0) is 24.9. The Labute approximate surface area is 206 Å². The van der Waals surface area contributed by atoms with Crippen molar-refractivity contribution in [1.82, 2.24) is 0 Å². The molecule has 0 unspecified atom stereocenters. The predicted octanol–water partition coefficient (Wildman–Crippen LogP) is 6.20. The summed E-state index contributed by atoms with van der Waals surface area (Å²) in [6.07, 6.45) is 11.7. The number of aliphatic hydroxyl groups is 2. The second kappa shape index (κ2) is 7.57. The Kier molecular flexibility index (Phi) is 5.52. The predicted molar refractivity (Wildman–Crippen MR) is 134 cm³/mol. The number of fused-ring (bicyclic) bond motifs is 6. The summed E-state index contributed by atoms with van der Waals surface area (Å²) in [5.74, 6) is 0.778. The fourth-order valence-electron chi connectivity index (χ4n) is 10.9. The topological polar surface area (TPSA) is 77.8 Å². The van der Waals surface area contributed by atoms with Crippen LogP contribution in [0.4, 0.5) is 0 Å². The van der Waals surface area contributed by atoms with Crippen LogP contribution in [0.5, 0.6) is 0 Å². The molecule has 0 aromatic rings. The van der Waals surface area contributed by atoms with Crippen molar-refractivity contribution in [3.05, 3.63) is 11.6 Å². The first-order valence-electron chi connectivity index (χ1n) is 14.0. The van der Waals surface area contributed by atoms with Crippen LogP contribution in [0.15, 0.2) is 11.6 Å². The maximum atomic E-state index is 12.5. The minimum atomic E-state index is -1.05. The number of hydrogen-bond acceptors (Lipinski definition) is 3. The maximum Gasteiger partial charge on any atom is 0.312 e. The molecular formula is C30H48O4. The van der Waals surface area contributed by atoms with Crippen molar-refractivity contribution < 1.29 is 20.1 Å². The maximum absolute atomic E-state index is 12.5. The van der Waals surface area contributed by atoms with Crippen LogP contribution >= 0.6 is 0 Å². The van der Waals surface area contributed by atoms with Gasteiger partial charge in [0, 0.05) is 0 Å². The van der Waals surface area contributed by atoms with Gasteiger partial charge in [0.25, 0.3) is 0 Å². The molecule has 5 rings (SSSR count). The molecule has 5 aliphatic carbocycles. The second-order valence-electron chi connectivity index (χ2n) is 14.7. The molecule has 10 atom stereocenters. The van der Waals surface area contributed by atoms with Gasteiger partial charge in [0.05, 0.1) is 17.6 Å². The van der Waals surface area contributed by atoms with Crippen molar-refractivity contribution in [2.75, 3.05) is 0 Å². The minimum Gasteiger partial charge on any atom is -0.481 e. The highest BCUT2D eigenvalue weighted by molar-refractivity contribution is 5.76. The first-order chi connectivity index (χ1) is 15.7. The largest absolute Gasteiger partial charge is 0.481 e. The molecule has 0 saturated heterocycles. The molecule has 3 N–H and O–H groups in total. The molecule has 0 bridgehead atoms. The van der Waals surface area contributed by atoms with Gasteiger partial charge in [-0.05, 0) is 116 Å². The van der Waals surface area contributed by atoms with E-state index in [0.717, 1.165) is 51.4 Å². The number of allylic oxidation sites excluding steroid dienone is 2. The van der Waals surface area contributed by atoms with Crippen LogP contribution in [0.25, 0.3) is 0 Å². The van der Waals surface area contributed by atoms with Crippen LogP contribution in [-0.2, 0) is 4.79 Å². The normalized spacial score (nSPS) is 54.4. The fraction of sp³-hybridized carbons (Fsp3) is 0.900. The van der Waals surface area contributed by atoms with Crippen LogP contribution in [-0.4, -0.2) is 33.5 Å². The Morgan fingerprint density at radius 1 is 0.794 bits per heavy atom. The highest BCUT2D eigenvalue weighted by atomic mass is 16.4. The van der Waals surface area contributed by atoms with Gasteiger partial charge in [-0.3, -0.25) is 4.79 Å². The van der Waals surface area contributed by atoms with Gasteiger partial charge < -0.3 is 15.3 Å². The molecule has 0 spiro atoms. The van der Waals surface area contributed by atoms with E-state index < -0.39 is 17.5 Å². The lowest BCUT2D eigenvalue weighted by molar-refractivity contribution is -0.199. The number of carboxylic acids is 1. The van der Waals surface area contributed by atoms with Gasteiger partial charge in [0.2, 0.25) is 0 Å². The first-order valence-corrected chi connectivity index (χ1v) is 14.0. The summed E-state index contributed by atoms with van der Waals surface area (Å²) in [6.45, 7) is 13.8. The zero-order valence-electron chi connectivity index (χ0n) is 22.4. The molecule has 0 amide bonds. The second-order valence-corrected chi connectivity index (χ2v) is 14.7. The molecule has 0 aromatic heterocycles. The average molecular weight is 473 g/mol. The van der Waals surface area contributed by atoms with Crippen molar-refractivity contribution in [2.24, 2.45) is 50.7 Å². The van der Waals surface area contributed by atoms with Crippen molar-refractivity contribution in [3.63, 3.8) is 0 Å². The highest BCUT2D eigenvalue weighted by Crippen LogP contribution is 2.70. The Bertz CT molecular complexity index is 892. The number of rotatable bonds is 1. The Morgan fingerprint density at radius 3 is 2.12 bits per heavy atom. The van der Waals surface area contributed by atoms with E-state index in [0.29, 0.717) is 24.2 Å². The molecule has 34 heavy (non-hydrogen) atoms. The van der Waals surface area contributed by atoms with E-state index in [4.69, 9.17) is 0 Å². The van der Waals surface area contributed by atoms with Crippen LogP contribution in [0.2, 0.25) is 0 Å². The molecule has 192 valence electrons. The van der Waals surface area contributed by atoms with E-state index in [1.54, 1.807) is 5.57 Å². The standard InChI is InChI=1S/C30H48O4/c1-26(2)20-9-7-18-17-27(3)14-11-22-29(5,16-13-24(32)30(22,6)25(33)34)21(27)10-8-19(18)28(20,4)15-12-23(26)31/h7,19-24,31-32H,8-17H2,1-6H3,(H,33,34)/t19-,20-,21-,22-,23-,24+,27-,28+,29+,30+/m0/s1. The van der Waals surface area contributed by atoms with Crippen molar-refractivity contribution in [3.8, 4) is 0 Å². The summed E-state index contributed by atoms with van der Waals surface area (Å²) in [4.78, 5) is 12.5. The van der Waals surface area contributed by atoms with E-state index in [1.807, 2.05) is 6.92 Å². The molecule has 4 saturated carbocycles. The molecule has 4 nitrogen and oxygen atoms in total. The van der Waals surface area contributed by atoms with Crippen LogP contribution in [0, 0.1) is 50.7 Å². The third-order valence-electron chi connectivity index (χ3n) is 13.0. The monoisotopic (exact) mass is 472 g/mol. The van der Waals surface area contributed by atoms with Gasteiger partial charge in [-0.15, -0.1) is 0 Å². The zero-order valence-corrected chi connectivity index (χ0v) is 22.4. The van der Waals surface area contributed by atoms with E-state index in [9.17, 15) is 20.1 Å². The minimum absolute atomic E-state index is 0.0283. The van der Waals surface area contributed by atoms with Crippen molar-refractivity contribution in [2.45, 2.75) is 118 Å². The van der Waals surface area contributed by atoms with Gasteiger partial charge in [-0.2, -0.15) is 0 Å². The summed E-state index contributed by atoms with van der Waals surface area (Å²) >= 11 is 0. The quantitative estimate of drug-likeness (QED) is 0.397. The van der Waals surface area contributed by atoms with Gasteiger partial charge in [0.15, 0.2) is 0 Å². The summed E-state index contributed by atoms with van der Waals surface area (Å²) in [6, 6.07) is 0. The van der Waals surface area contributed by atoms with E-state index >= 15 is 0 Å². The molecule has 0 aromatic carbocycles. The smallest absolute Gasteiger partial charge is 0.312 e. The van der Waals surface area contributed by atoms with E-state index in [1.165, 1.54) is 6.42 Å². The van der Waals surface area contributed by atoms with Gasteiger partial charge in [0.1, 0.15) is 0 Å². The number of hydrogen-bond donors (Lipinski definition) is 3. The van der Waals surface area contributed by atoms with Gasteiger partial charge in [-0.1, -0.05) is 46.3 Å². The SMILES string of the molecule is CC1(C)[C@@H](O)CC[C@]2(C)[C@H]3CC[C@H]4[C@@](C)(CC[C@H]5[C@]4(C)CC[C@@H](O)[C@]5(C)C(=O)O)CC3=CC[C@@H]12. The summed E-state index contributed by atoms with van der Waals surface area (Å²) in [5.41, 5.74) is 0.936. The summed E-state index contributed by atoms with van der Waals surface area (Å²) < 4.78 is 0. The number of aliphatic carboxylic acids is 1. The molecule has 4 heteroatoms. The van der Waals surface area contributed by atoms with Crippen molar-refractivity contribution in [1.29, 1.82) is 0 Å². The molecule has 0 aliphatic heterocycles. The highest BCUT2D eigenvalue weighted by Gasteiger charge is 2.65. The molecule has 4 fully saturated rings. The Morgan fingerprint density at radius 2 is 1.44 bits per heavy atom. The average Bonchev–Trinajstić information content (AvgIpc) is 2.91. The van der Waals surface area contributed by atoms with E-state index in [-0.39, 0.29) is 33.7 Å². The fourth-order valence-corrected chi connectivity index (χ4v) is 10.9. The Balaban J connectivity index is 1.51. The molecule has 5 aliphatic rings. The lowest BCUT2D eigenvalue weighted by Gasteiger charge is -2.63. The lowest BCUT2D eigenvalue weighted by Crippen LogP contribution is -2.61. The van der Waals surface area contributed by atoms with Crippen LogP contribution in [0.1, 0.15) is 106 Å². The van der Waals surface area contributed by atoms with E-state index in [2.05, 4.69) is 40.7 Å². The third-order valence-corrected chi connectivity index (χ3v) is 13.0. The molecular weight excluding hydrogens is 424 g/mol. The van der Waals surface area contributed by atoms with Crippen molar-refractivity contribution >= 4 is 5.97 Å². The van der Waals surface area contributed by atoms with Crippen LogP contribution < -0.4 is 0 Å². The Hall–Kier alpha value is -0.870. The molecule has 0 heterocycles. The van der Waals surface area contributed by atoms with Gasteiger partial charge >= 0.3 is 5.97 Å². The number of carbonyl (C=O) groups is 1. The summed E-state index contributed by atoms with van der Waals surface area (Å²) in [7, 11) is 0. The number of aliphatic hydroxyl groups excluding tert-OH is 2. The van der Waals surface area contributed by atoms with Gasteiger partial charge in [-0.25, -0.2) is 0 Å². The van der Waals surface area contributed by atoms with Crippen LogP contribution in [0.3, 0.4) is 0 Å². The summed E-state index contributed by atoms with van der Waals surface area (Å²) in [5, 5.41) is 32.0. The lowest BCUT2D eigenvalue weighted by atomic mass is 9.41. The first kappa shape index (κ1) is 24.8. The third kappa shape index (κ3) is 3.06.